The summed E-state index contributed by atoms with van der Waals surface area (Å²) in [5, 5.41) is 5.78. The lowest BCUT2D eigenvalue weighted by molar-refractivity contribution is 0.383. The van der Waals surface area contributed by atoms with Gasteiger partial charge in [-0.3, -0.25) is 0 Å². The summed E-state index contributed by atoms with van der Waals surface area (Å²) in [4.78, 5) is 15.3. The van der Waals surface area contributed by atoms with Crippen molar-refractivity contribution in [3.05, 3.63) is 35.0 Å². The molecule has 0 saturated carbocycles. The van der Waals surface area contributed by atoms with Gasteiger partial charge in [-0.2, -0.15) is 0 Å². The van der Waals surface area contributed by atoms with Crippen LogP contribution in [0.25, 0.3) is 0 Å². The number of anilines is 1. The van der Waals surface area contributed by atoms with Gasteiger partial charge in [0.05, 0.1) is 11.2 Å². The molecule has 1 aliphatic heterocycles. The first kappa shape index (κ1) is 13.5. The molecule has 2 atom stereocenters. The van der Waals surface area contributed by atoms with Gasteiger partial charge in [0, 0.05) is 42.9 Å². The summed E-state index contributed by atoms with van der Waals surface area (Å²) in [7, 11) is 0. The predicted octanol–water partition coefficient (Wildman–Crippen LogP) is 2.25. The van der Waals surface area contributed by atoms with Crippen LogP contribution in [0.15, 0.2) is 29.4 Å². The second kappa shape index (κ2) is 6.28. The number of rotatable bonds is 4. The van der Waals surface area contributed by atoms with E-state index >= 15 is 0 Å². The van der Waals surface area contributed by atoms with Crippen LogP contribution in [0.2, 0.25) is 0 Å². The number of thiazole rings is 1. The molecule has 2 unspecified atom stereocenters. The normalized spacial score (nSPS) is 20.9. The maximum absolute atomic E-state index is 4.38. The van der Waals surface area contributed by atoms with Crippen molar-refractivity contribution in [1.82, 2.24) is 20.3 Å². The fourth-order valence-corrected chi connectivity index (χ4v) is 3.27. The standard InChI is InChI=1S/C14H19N5S/c1-11(13-9-20-10-17-13)18-12-4-2-7-19(8-12)14-15-5-3-6-16-14/h3,5-6,9-12,18H,2,4,7-8H2,1H3. The molecule has 0 radical (unpaired) electrons. The summed E-state index contributed by atoms with van der Waals surface area (Å²) in [6.45, 7) is 4.17. The number of hydrogen-bond acceptors (Lipinski definition) is 6. The van der Waals surface area contributed by atoms with Crippen LogP contribution in [0.3, 0.4) is 0 Å². The maximum Gasteiger partial charge on any atom is 0.225 e. The summed E-state index contributed by atoms with van der Waals surface area (Å²) < 4.78 is 0. The molecule has 0 amide bonds. The largest absolute Gasteiger partial charge is 0.339 e. The number of nitrogens with zero attached hydrogens (tertiary/aromatic N) is 4. The van der Waals surface area contributed by atoms with Crippen molar-refractivity contribution in [2.24, 2.45) is 0 Å². The molecule has 106 valence electrons. The minimum Gasteiger partial charge on any atom is -0.339 e. The van der Waals surface area contributed by atoms with Gasteiger partial charge in [0.2, 0.25) is 5.95 Å². The predicted molar refractivity (Wildman–Crippen MR) is 80.9 cm³/mol. The van der Waals surface area contributed by atoms with Crippen LogP contribution in [0.4, 0.5) is 5.95 Å². The first-order valence-electron chi connectivity index (χ1n) is 6.99. The van der Waals surface area contributed by atoms with Gasteiger partial charge in [-0.25, -0.2) is 15.0 Å². The molecule has 1 saturated heterocycles. The van der Waals surface area contributed by atoms with E-state index in [1.165, 1.54) is 12.8 Å². The lowest BCUT2D eigenvalue weighted by Crippen LogP contribution is -2.47. The van der Waals surface area contributed by atoms with E-state index in [9.17, 15) is 0 Å². The Morgan fingerprint density at radius 3 is 2.95 bits per heavy atom. The van der Waals surface area contributed by atoms with Gasteiger partial charge in [-0.1, -0.05) is 0 Å². The average molecular weight is 289 g/mol. The van der Waals surface area contributed by atoms with Crippen LogP contribution in [0, 0.1) is 0 Å². The van der Waals surface area contributed by atoms with Gasteiger partial charge in [0.1, 0.15) is 0 Å². The van der Waals surface area contributed by atoms with Gasteiger partial charge in [-0.05, 0) is 25.8 Å². The van der Waals surface area contributed by atoms with E-state index < -0.39 is 0 Å². The van der Waals surface area contributed by atoms with Gasteiger partial charge in [0.25, 0.3) is 0 Å². The summed E-state index contributed by atoms with van der Waals surface area (Å²) in [6.07, 6.45) is 5.96. The lowest BCUT2D eigenvalue weighted by atomic mass is 10.0. The fourth-order valence-electron chi connectivity index (χ4n) is 2.62. The highest BCUT2D eigenvalue weighted by atomic mass is 32.1. The average Bonchev–Trinajstić information content (AvgIpc) is 3.03. The summed E-state index contributed by atoms with van der Waals surface area (Å²) in [6, 6.07) is 2.61. The van der Waals surface area contributed by atoms with Crippen LogP contribution >= 0.6 is 11.3 Å². The van der Waals surface area contributed by atoms with Crippen LogP contribution in [-0.4, -0.2) is 34.1 Å². The second-order valence-corrected chi connectivity index (χ2v) is 5.85. The third-order valence-corrected chi connectivity index (χ3v) is 4.24. The molecule has 3 rings (SSSR count). The van der Waals surface area contributed by atoms with E-state index in [1.54, 1.807) is 23.7 Å². The third kappa shape index (κ3) is 3.13. The minimum atomic E-state index is 0.294. The molecule has 5 nitrogen and oxygen atoms in total. The third-order valence-electron chi connectivity index (χ3n) is 3.64. The van der Waals surface area contributed by atoms with Crippen molar-refractivity contribution in [1.29, 1.82) is 0 Å². The van der Waals surface area contributed by atoms with Crippen molar-refractivity contribution in [2.75, 3.05) is 18.0 Å². The van der Waals surface area contributed by atoms with Crippen molar-refractivity contribution >= 4 is 17.3 Å². The molecule has 2 aromatic rings. The Kier molecular flexibility index (Phi) is 4.22. The Morgan fingerprint density at radius 1 is 1.35 bits per heavy atom. The summed E-state index contributed by atoms with van der Waals surface area (Å²) in [5.41, 5.74) is 3.02. The Bertz CT molecular complexity index is 516. The van der Waals surface area contributed by atoms with E-state index in [4.69, 9.17) is 0 Å². The maximum atomic E-state index is 4.38. The summed E-state index contributed by atoms with van der Waals surface area (Å²) in [5.74, 6) is 0.834. The molecule has 1 N–H and O–H groups in total. The van der Waals surface area contributed by atoms with Gasteiger partial charge in [-0.15, -0.1) is 11.3 Å². The number of piperidine rings is 1. The Hall–Kier alpha value is -1.53. The molecular formula is C14H19N5S. The molecule has 20 heavy (non-hydrogen) atoms. The molecule has 2 aromatic heterocycles. The Balaban J connectivity index is 1.61. The van der Waals surface area contributed by atoms with E-state index in [-0.39, 0.29) is 0 Å². The van der Waals surface area contributed by atoms with Crippen LogP contribution in [0.5, 0.6) is 0 Å². The minimum absolute atomic E-state index is 0.294. The first-order chi connectivity index (χ1) is 9.83. The monoisotopic (exact) mass is 289 g/mol. The summed E-state index contributed by atoms with van der Waals surface area (Å²) >= 11 is 1.65. The smallest absolute Gasteiger partial charge is 0.225 e. The molecule has 0 spiro atoms. The van der Waals surface area contributed by atoms with E-state index in [2.05, 4.69) is 37.5 Å². The van der Waals surface area contributed by atoms with Crippen molar-refractivity contribution < 1.29 is 0 Å². The molecule has 1 aliphatic rings. The van der Waals surface area contributed by atoms with Crippen molar-refractivity contribution in [3.63, 3.8) is 0 Å². The van der Waals surface area contributed by atoms with Crippen molar-refractivity contribution in [2.45, 2.75) is 31.8 Å². The fraction of sp³-hybridized carbons (Fsp3) is 0.500. The van der Waals surface area contributed by atoms with E-state index in [1.807, 2.05) is 11.6 Å². The molecular weight excluding hydrogens is 270 g/mol. The molecule has 3 heterocycles. The van der Waals surface area contributed by atoms with Gasteiger partial charge < -0.3 is 10.2 Å². The topological polar surface area (TPSA) is 53.9 Å². The molecule has 6 heteroatoms. The van der Waals surface area contributed by atoms with E-state index in [0.29, 0.717) is 12.1 Å². The van der Waals surface area contributed by atoms with Crippen LogP contribution in [0.1, 0.15) is 31.5 Å². The van der Waals surface area contributed by atoms with Crippen LogP contribution in [-0.2, 0) is 0 Å². The number of aromatic nitrogens is 3. The molecule has 1 fully saturated rings. The first-order valence-corrected chi connectivity index (χ1v) is 7.93. The highest BCUT2D eigenvalue weighted by Crippen LogP contribution is 2.19. The van der Waals surface area contributed by atoms with Gasteiger partial charge >= 0.3 is 0 Å². The van der Waals surface area contributed by atoms with Gasteiger partial charge in [0.15, 0.2) is 0 Å². The number of hydrogen-bond donors (Lipinski definition) is 1. The second-order valence-electron chi connectivity index (χ2n) is 5.14. The molecule has 0 aliphatic carbocycles. The zero-order valence-electron chi connectivity index (χ0n) is 11.6. The SMILES string of the molecule is CC(NC1CCCN(c2ncccn2)C1)c1cscn1. The zero-order chi connectivity index (χ0) is 13.8. The zero-order valence-corrected chi connectivity index (χ0v) is 12.4. The van der Waals surface area contributed by atoms with Crippen molar-refractivity contribution in [3.8, 4) is 0 Å². The highest BCUT2D eigenvalue weighted by Gasteiger charge is 2.23. The quantitative estimate of drug-likeness (QED) is 0.935. The number of nitrogens with one attached hydrogen (secondary N) is 1. The van der Waals surface area contributed by atoms with Crippen LogP contribution < -0.4 is 10.2 Å². The Morgan fingerprint density at radius 2 is 2.20 bits per heavy atom. The Labute approximate surface area is 123 Å². The van der Waals surface area contributed by atoms with E-state index in [0.717, 1.165) is 24.7 Å². The lowest BCUT2D eigenvalue weighted by Gasteiger charge is -2.34. The molecule has 0 bridgehead atoms. The highest BCUT2D eigenvalue weighted by molar-refractivity contribution is 7.07. The molecule has 0 aromatic carbocycles.